The summed E-state index contributed by atoms with van der Waals surface area (Å²) in [4.78, 5) is 8.17. The van der Waals surface area contributed by atoms with Crippen molar-refractivity contribution in [2.24, 2.45) is 4.99 Å². The minimum Gasteiger partial charge on any atom is -0.494 e. The highest BCUT2D eigenvalue weighted by atomic mass is 32.1. The summed E-state index contributed by atoms with van der Waals surface area (Å²) >= 11 is 1.02. The largest absolute Gasteiger partial charge is 0.494 e. The minimum atomic E-state index is -4.39. The van der Waals surface area contributed by atoms with Crippen molar-refractivity contribution in [2.45, 2.75) is 39.9 Å². The quantitative estimate of drug-likeness (QED) is 0.503. The van der Waals surface area contributed by atoms with E-state index in [9.17, 15) is 13.2 Å². The number of nitrogens with one attached hydrogen (secondary N) is 2. The van der Waals surface area contributed by atoms with E-state index in [0.717, 1.165) is 33.6 Å². The van der Waals surface area contributed by atoms with Crippen molar-refractivity contribution in [3.8, 4) is 5.75 Å². The predicted molar refractivity (Wildman–Crippen MR) is 106 cm³/mol. The molecule has 0 radical (unpaired) electrons. The number of aryl methyl sites for hydroxylation is 1. The molecule has 154 valence electrons. The molecule has 28 heavy (non-hydrogen) atoms. The Hall–Kier alpha value is -2.29. The number of benzene rings is 1. The maximum absolute atomic E-state index is 12.6. The molecule has 0 saturated carbocycles. The van der Waals surface area contributed by atoms with Crippen molar-refractivity contribution in [1.29, 1.82) is 0 Å². The van der Waals surface area contributed by atoms with Gasteiger partial charge in [0.05, 0.1) is 18.2 Å². The van der Waals surface area contributed by atoms with Crippen molar-refractivity contribution in [3.63, 3.8) is 0 Å². The lowest BCUT2D eigenvalue weighted by Crippen LogP contribution is -2.38. The number of guanidine groups is 1. The molecular formula is C19H25F3N4OS. The lowest BCUT2D eigenvalue weighted by atomic mass is 10.1. The van der Waals surface area contributed by atoms with Crippen molar-refractivity contribution < 1.29 is 17.9 Å². The molecule has 5 nitrogen and oxygen atoms in total. The van der Waals surface area contributed by atoms with Crippen LogP contribution in [0.2, 0.25) is 0 Å². The summed E-state index contributed by atoms with van der Waals surface area (Å²) in [6.45, 7) is 8.12. The van der Waals surface area contributed by atoms with Crippen molar-refractivity contribution >= 4 is 17.3 Å². The number of aliphatic imine (C=N–C) groups is 1. The molecule has 0 amide bonds. The molecule has 0 saturated heterocycles. The van der Waals surface area contributed by atoms with Crippen molar-refractivity contribution in [3.05, 3.63) is 45.4 Å². The molecule has 0 aliphatic rings. The van der Waals surface area contributed by atoms with E-state index in [1.54, 1.807) is 0 Å². The Balaban J connectivity index is 1.91. The Morgan fingerprint density at radius 1 is 1.25 bits per heavy atom. The van der Waals surface area contributed by atoms with E-state index < -0.39 is 11.9 Å². The standard InChI is InChI=1S/C19H25F3N4OS/c1-4-23-18(24-9-8-17-26-16(12-28-17)19(20,21)22)25-11-14-6-7-15(27-5-2)13(3)10-14/h6-7,10,12H,4-5,8-9,11H2,1-3H3,(H2,23,24,25). The van der Waals surface area contributed by atoms with Crippen LogP contribution in [0.25, 0.3) is 0 Å². The molecule has 9 heteroatoms. The van der Waals surface area contributed by atoms with E-state index in [1.807, 2.05) is 39.0 Å². The number of hydrogen-bond donors (Lipinski definition) is 2. The number of thiazole rings is 1. The number of aromatic nitrogens is 1. The van der Waals surface area contributed by atoms with Crippen LogP contribution in [0.15, 0.2) is 28.6 Å². The molecule has 0 spiro atoms. The first-order valence-electron chi connectivity index (χ1n) is 9.09. The lowest BCUT2D eigenvalue weighted by Gasteiger charge is -2.11. The van der Waals surface area contributed by atoms with Gasteiger partial charge in [0.2, 0.25) is 0 Å². The Morgan fingerprint density at radius 2 is 2.04 bits per heavy atom. The summed E-state index contributed by atoms with van der Waals surface area (Å²) in [5, 5.41) is 7.75. The molecule has 0 atom stereocenters. The zero-order valence-electron chi connectivity index (χ0n) is 16.2. The number of ether oxygens (including phenoxy) is 1. The van der Waals surface area contributed by atoms with E-state index in [4.69, 9.17) is 4.74 Å². The van der Waals surface area contributed by atoms with Gasteiger partial charge in [0.1, 0.15) is 5.75 Å². The molecular weight excluding hydrogens is 389 g/mol. The van der Waals surface area contributed by atoms with Crippen molar-refractivity contribution in [1.82, 2.24) is 15.6 Å². The normalized spacial score (nSPS) is 12.1. The van der Waals surface area contributed by atoms with Gasteiger partial charge in [-0.2, -0.15) is 13.2 Å². The van der Waals surface area contributed by atoms with Gasteiger partial charge in [-0.25, -0.2) is 9.98 Å². The third kappa shape index (κ3) is 6.70. The van der Waals surface area contributed by atoms with Gasteiger partial charge in [-0.05, 0) is 38.0 Å². The molecule has 0 bridgehead atoms. The molecule has 1 aromatic heterocycles. The van der Waals surface area contributed by atoms with Crippen LogP contribution in [0.3, 0.4) is 0 Å². The highest BCUT2D eigenvalue weighted by Crippen LogP contribution is 2.30. The third-order valence-electron chi connectivity index (χ3n) is 3.78. The first kappa shape index (κ1) is 22.0. The highest BCUT2D eigenvalue weighted by Gasteiger charge is 2.33. The number of rotatable bonds is 8. The third-order valence-corrected chi connectivity index (χ3v) is 4.69. The van der Waals surface area contributed by atoms with Crippen LogP contribution in [0.4, 0.5) is 13.2 Å². The molecule has 2 rings (SSSR count). The zero-order chi connectivity index (χ0) is 20.6. The van der Waals surface area contributed by atoms with Gasteiger partial charge in [-0.15, -0.1) is 11.3 Å². The second-order valence-corrected chi connectivity index (χ2v) is 6.97. The smallest absolute Gasteiger partial charge is 0.434 e. The summed E-state index contributed by atoms with van der Waals surface area (Å²) in [6, 6.07) is 5.94. The lowest BCUT2D eigenvalue weighted by molar-refractivity contribution is -0.140. The molecule has 0 aliphatic heterocycles. The van der Waals surface area contributed by atoms with Crippen LogP contribution in [0.5, 0.6) is 5.75 Å². The van der Waals surface area contributed by atoms with Crippen LogP contribution in [-0.2, 0) is 19.1 Å². The van der Waals surface area contributed by atoms with E-state index in [2.05, 4.69) is 20.6 Å². The topological polar surface area (TPSA) is 58.5 Å². The van der Waals surface area contributed by atoms with Crippen LogP contribution in [-0.4, -0.2) is 30.6 Å². The first-order chi connectivity index (χ1) is 13.3. The average molecular weight is 414 g/mol. The van der Waals surface area contributed by atoms with Gasteiger partial charge in [-0.3, -0.25) is 0 Å². The summed E-state index contributed by atoms with van der Waals surface area (Å²) in [5.41, 5.74) is 1.27. The molecule has 1 heterocycles. The highest BCUT2D eigenvalue weighted by molar-refractivity contribution is 7.09. The van der Waals surface area contributed by atoms with Gasteiger partial charge in [0.25, 0.3) is 0 Å². The number of nitrogens with zero attached hydrogens (tertiary/aromatic N) is 2. The average Bonchev–Trinajstić information content (AvgIpc) is 3.11. The van der Waals surface area contributed by atoms with Gasteiger partial charge < -0.3 is 15.4 Å². The Bertz CT molecular complexity index is 790. The fourth-order valence-corrected chi connectivity index (χ4v) is 3.29. The van der Waals surface area contributed by atoms with Gasteiger partial charge in [0.15, 0.2) is 11.7 Å². The van der Waals surface area contributed by atoms with Crippen molar-refractivity contribution in [2.75, 3.05) is 19.7 Å². The minimum absolute atomic E-state index is 0.396. The monoisotopic (exact) mass is 414 g/mol. The molecule has 2 aromatic rings. The number of halogens is 3. The molecule has 0 aliphatic carbocycles. The maximum atomic E-state index is 12.6. The first-order valence-corrected chi connectivity index (χ1v) is 9.97. The number of alkyl halides is 3. The van der Waals surface area contributed by atoms with E-state index in [1.165, 1.54) is 0 Å². The molecule has 0 fully saturated rings. The van der Waals surface area contributed by atoms with Crippen LogP contribution >= 0.6 is 11.3 Å². The van der Waals surface area contributed by atoms with Gasteiger partial charge >= 0.3 is 6.18 Å². The molecule has 1 aromatic carbocycles. The van der Waals surface area contributed by atoms with Crippen LogP contribution in [0, 0.1) is 6.92 Å². The molecule has 0 unspecified atom stereocenters. The van der Waals surface area contributed by atoms with E-state index in [-0.39, 0.29) is 0 Å². The van der Waals surface area contributed by atoms with E-state index >= 15 is 0 Å². The fraction of sp³-hybridized carbons (Fsp3) is 0.474. The Labute approximate surface area is 167 Å². The van der Waals surface area contributed by atoms with Crippen LogP contribution < -0.4 is 15.4 Å². The summed E-state index contributed by atoms with van der Waals surface area (Å²) in [6.07, 6.45) is -4.00. The summed E-state index contributed by atoms with van der Waals surface area (Å²) in [7, 11) is 0. The van der Waals surface area contributed by atoms with Gasteiger partial charge in [-0.1, -0.05) is 12.1 Å². The Morgan fingerprint density at radius 3 is 2.64 bits per heavy atom. The zero-order valence-corrected chi connectivity index (χ0v) is 17.0. The van der Waals surface area contributed by atoms with Crippen LogP contribution in [0.1, 0.15) is 35.7 Å². The van der Waals surface area contributed by atoms with Gasteiger partial charge in [0, 0.05) is 24.9 Å². The number of hydrogen-bond acceptors (Lipinski definition) is 4. The van der Waals surface area contributed by atoms with E-state index in [0.29, 0.717) is 43.6 Å². The SMILES string of the molecule is CCNC(=NCc1ccc(OCC)c(C)c1)NCCc1nc(C(F)(F)F)cs1. The summed E-state index contributed by atoms with van der Waals surface area (Å²) < 4.78 is 43.3. The summed E-state index contributed by atoms with van der Waals surface area (Å²) in [5.74, 6) is 1.48. The Kier molecular flexibility index (Phi) is 8.10. The predicted octanol–water partition coefficient (Wildman–Crippen LogP) is 4.17. The fourth-order valence-electron chi connectivity index (χ4n) is 2.48. The maximum Gasteiger partial charge on any atom is 0.434 e. The molecule has 2 N–H and O–H groups in total. The second-order valence-electron chi connectivity index (χ2n) is 6.03. The second kappa shape index (κ2) is 10.3.